The third-order valence-corrected chi connectivity index (χ3v) is 7.53. The number of anilines is 2. The predicted octanol–water partition coefficient (Wildman–Crippen LogP) is 4.63. The van der Waals surface area contributed by atoms with E-state index in [2.05, 4.69) is 31.4 Å². The molecule has 1 fully saturated rings. The molecule has 0 radical (unpaired) electrons. The van der Waals surface area contributed by atoms with Gasteiger partial charge in [0.15, 0.2) is 0 Å². The normalized spacial score (nSPS) is 17.9. The lowest BCUT2D eigenvalue weighted by Crippen LogP contribution is -2.34. The monoisotopic (exact) mass is 499 g/mol. The average molecular weight is 500 g/mol. The third-order valence-electron chi connectivity index (χ3n) is 6.74. The van der Waals surface area contributed by atoms with Crippen molar-refractivity contribution in [1.29, 1.82) is 0 Å². The molecule has 5 aromatic rings. The summed E-state index contributed by atoms with van der Waals surface area (Å²) in [4.78, 5) is 28.0. The van der Waals surface area contributed by atoms with Crippen LogP contribution in [0, 0.1) is 5.41 Å². The Morgan fingerprint density at radius 3 is 2.78 bits per heavy atom. The fourth-order valence-corrected chi connectivity index (χ4v) is 5.34. The Balaban J connectivity index is 1.43. The number of aromatic nitrogens is 5. The van der Waals surface area contributed by atoms with Gasteiger partial charge in [0.25, 0.3) is 0 Å². The topological polar surface area (TPSA) is 98.1 Å². The second kappa shape index (κ2) is 8.56. The molecule has 3 aromatic heterocycles. The molecule has 1 amide bonds. The van der Waals surface area contributed by atoms with E-state index in [1.807, 2.05) is 63.2 Å². The molecule has 9 nitrogen and oxygen atoms in total. The fraction of sp³-hybridized carbons (Fsp3) is 0.269. The van der Waals surface area contributed by atoms with Crippen molar-refractivity contribution >= 4 is 49.9 Å². The van der Waals surface area contributed by atoms with Crippen LogP contribution >= 0.6 is 11.3 Å². The molecule has 2 aromatic carbocycles. The third kappa shape index (κ3) is 3.93. The first-order chi connectivity index (χ1) is 17.4. The van der Waals surface area contributed by atoms with Crippen LogP contribution < -0.4 is 10.1 Å². The highest BCUT2D eigenvalue weighted by Gasteiger charge is 2.42. The summed E-state index contributed by atoms with van der Waals surface area (Å²) >= 11 is 1.59. The number of amides is 1. The van der Waals surface area contributed by atoms with Gasteiger partial charge in [0.1, 0.15) is 24.5 Å². The second-order valence-corrected chi connectivity index (χ2v) is 10.4. The molecule has 182 valence electrons. The standard InChI is InChI=1S/C26H25N7O2S/c1-26(6-7-32(2)25(26)34)13-35-21-9-16(17-11-30-33(3)12-17)8-20-23(21)24(28-14-27-20)31-18-4-5-19-22(10-18)36-15-29-19/h4-5,8-12,14-15H,6-7,13H2,1-3H3,(H,27,28,31)/t26-/m1/s1. The summed E-state index contributed by atoms with van der Waals surface area (Å²) in [6.45, 7) is 2.96. The molecule has 6 rings (SSSR count). The number of likely N-dealkylation sites (tertiary alicyclic amines) is 1. The van der Waals surface area contributed by atoms with Gasteiger partial charge in [-0.25, -0.2) is 15.0 Å². The van der Waals surface area contributed by atoms with Gasteiger partial charge in [0.2, 0.25) is 5.91 Å². The van der Waals surface area contributed by atoms with Gasteiger partial charge in [-0.15, -0.1) is 11.3 Å². The molecule has 4 heterocycles. The first-order valence-corrected chi connectivity index (χ1v) is 12.5. The van der Waals surface area contributed by atoms with E-state index in [0.717, 1.165) is 50.9 Å². The van der Waals surface area contributed by atoms with E-state index in [9.17, 15) is 4.79 Å². The number of thiazole rings is 1. The Bertz CT molecular complexity index is 1610. The Morgan fingerprint density at radius 2 is 2.00 bits per heavy atom. The van der Waals surface area contributed by atoms with E-state index >= 15 is 0 Å². The zero-order valence-corrected chi connectivity index (χ0v) is 21.0. The molecule has 1 aliphatic rings. The van der Waals surface area contributed by atoms with Crippen LogP contribution in [0.15, 0.2) is 54.6 Å². The Labute approximate surface area is 211 Å². The van der Waals surface area contributed by atoms with Crippen molar-refractivity contribution in [3.05, 3.63) is 54.6 Å². The number of rotatable bonds is 6. The van der Waals surface area contributed by atoms with Gasteiger partial charge in [-0.1, -0.05) is 0 Å². The van der Waals surface area contributed by atoms with Gasteiger partial charge < -0.3 is 15.0 Å². The van der Waals surface area contributed by atoms with Crippen LogP contribution in [0.4, 0.5) is 11.5 Å². The number of hydrogen-bond acceptors (Lipinski definition) is 8. The molecule has 10 heteroatoms. The van der Waals surface area contributed by atoms with Gasteiger partial charge in [-0.05, 0) is 49.2 Å². The number of aryl methyl sites for hydroxylation is 1. The number of fused-ring (bicyclic) bond motifs is 2. The van der Waals surface area contributed by atoms with E-state index < -0.39 is 5.41 Å². The van der Waals surface area contributed by atoms with Crippen LogP contribution in [0.2, 0.25) is 0 Å². The van der Waals surface area contributed by atoms with Crippen molar-refractivity contribution in [2.45, 2.75) is 13.3 Å². The van der Waals surface area contributed by atoms with E-state index in [4.69, 9.17) is 4.74 Å². The van der Waals surface area contributed by atoms with Crippen LogP contribution in [0.1, 0.15) is 13.3 Å². The quantitative estimate of drug-likeness (QED) is 0.364. The van der Waals surface area contributed by atoms with Crippen molar-refractivity contribution < 1.29 is 9.53 Å². The number of carbonyl (C=O) groups is 1. The largest absolute Gasteiger partial charge is 0.492 e. The second-order valence-electron chi connectivity index (χ2n) is 9.48. The van der Waals surface area contributed by atoms with Gasteiger partial charge in [-0.3, -0.25) is 9.48 Å². The molecule has 1 N–H and O–H groups in total. The Morgan fingerprint density at radius 1 is 1.11 bits per heavy atom. The minimum Gasteiger partial charge on any atom is -0.492 e. The summed E-state index contributed by atoms with van der Waals surface area (Å²) < 4.78 is 9.28. The van der Waals surface area contributed by atoms with Crippen molar-refractivity contribution in [3.63, 3.8) is 0 Å². The summed E-state index contributed by atoms with van der Waals surface area (Å²) in [5.41, 5.74) is 5.74. The zero-order valence-electron chi connectivity index (χ0n) is 20.2. The average Bonchev–Trinajstić information content (AvgIpc) is 3.59. The molecule has 0 bridgehead atoms. The van der Waals surface area contributed by atoms with Crippen molar-refractivity contribution in [1.82, 2.24) is 29.6 Å². The molecule has 1 saturated heterocycles. The van der Waals surface area contributed by atoms with Crippen LogP contribution in [0.25, 0.3) is 32.2 Å². The molecule has 0 saturated carbocycles. The van der Waals surface area contributed by atoms with E-state index in [1.165, 1.54) is 0 Å². The molecule has 0 spiro atoms. The maximum absolute atomic E-state index is 12.8. The van der Waals surface area contributed by atoms with Gasteiger partial charge in [0, 0.05) is 38.1 Å². The SMILES string of the molecule is CN1CC[C@](C)(COc2cc(-c3cnn(C)c3)cc3ncnc(Nc4ccc5ncsc5c4)c23)C1=O. The van der Waals surface area contributed by atoms with E-state index in [0.29, 0.717) is 11.6 Å². The summed E-state index contributed by atoms with van der Waals surface area (Å²) in [5.74, 6) is 1.36. The Kier molecular flexibility index (Phi) is 5.33. The van der Waals surface area contributed by atoms with Crippen molar-refractivity contribution in [3.8, 4) is 16.9 Å². The van der Waals surface area contributed by atoms with E-state index in [1.54, 1.807) is 27.2 Å². The highest BCUT2D eigenvalue weighted by atomic mass is 32.1. The molecule has 1 aliphatic heterocycles. The minimum atomic E-state index is -0.578. The minimum absolute atomic E-state index is 0.0997. The highest BCUT2D eigenvalue weighted by molar-refractivity contribution is 7.16. The van der Waals surface area contributed by atoms with Gasteiger partial charge in [-0.2, -0.15) is 5.10 Å². The molecule has 0 aliphatic carbocycles. The Hall–Kier alpha value is -4.05. The number of hydrogen-bond donors (Lipinski definition) is 1. The lowest BCUT2D eigenvalue weighted by atomic mass is 9.90. The summed E-state index contributed by atoms with van der Waals surface area (Å²) in [5, 5.41) is 8.51. The van der Waals surface area contributed by atoms with Crippen molar-refractivity contribution in [2.75, 3.05) is 25.5 Å². The summed E-state index contributed by atoms with van der Waals surface area (Å²) in [6, 6.07) is 10.0. The maximum atomic E-state index is 12.8. The molecule has 1 atom stereocenters. The number of benzene rings is 2. The van der Waals surface area contributed by atoms with E-state index in [-0.39, 0.29) is 12.5 Å². The first kappa shape index (κ1) is 22.4. The van der Waals surface area contributed by atoms with Crippen LogP contribution in [-0.2, 0) is 11.8 Å². The summed E-state index contributed by atoms with van der Waals surface area (Å²) in [7, 11) is 3.72. The lowest BCUT2D eigenvalue weighted by molar-refractivity contribution is -0.135. The number of carbonyl (C=O) groups excluding carboxylic acids is 1. The predicted molar refractivity (Wildman–Crippen MR) is 140 cm³/mol. The molecule has 0 unspecified atom stereocenters. The zero-order chi connectivity index (χ0) is 24.9. The molecular formula is C26H25N7O2S. The molecular weight excluding hydrogens is 474 g/mol. The number of nitrogens with one attached hydrogen (secondary N) is 1. The summed E-state index contributed by atoms with van der Waals surface area (Å²) in [6.07, 6.45) is 6.06. The fourth-order valence-electron chi connectivity index (χ4n) is 4.62. The van der Waals surface area contributed by atoms with Gasteiger partial charge in [0.05, 0.1) is 38.2 Å². The number of nitrogens with zero attached hydrogens (tertiary/aromatic N) is 6. The van der Waals surface area contributed by atoms with Crippen LogP contribution in [-0.4, -0.2) is 55.7 Å². The molecule has 36 heavy (non-hydrogen) atoms. The highest BCUT2D eigenvalue weighted by Crippen LogP contribution is 2.38. The maximum Gasteiger partial charge on any atom is 0.231 e. The first-order valence-electron chi connectivity index (χ1n) is 11.7. The number of ether oxygens (including phenoxy) is 1. The van der Waals surface area contributed by atoms with Gasteiger partial charge >= 0.3 is 0 Å². The van der Waals surface area contributed by atoms with Crippen LogP contribution in [0.3, 0.4) is 0 Å². The smallest absolute Gasteiger partial charge is 0.231 e. The lowest BCUT2D eigenvalue weighted by Gasteiger charge is -2.23. The van der Waals surface area contributed by atoms with Crippen molar-refractivity contribution in [2.24, 2.45) is 12.5 Å². The van der Waals surface area contributed by atoms with Crippen LogP contribution in [0.5, 0.6) is 5.75 Å².